The molecule has 0 saturated heterocycles. The highest BCUT2D eigenvalue weighted by atomic mass is 16.5. The number of rotatable bonds is 3. The van der Waals surface area contributed by atoms with Gasteiger partial charge in [-0.3, -0.25) is 0 Å². The standard InChI is InChI=1S/C13H15N3O2/c1-8-12(14)15-9(2)16-13(8)18-11-7-5-4-6-10(11)17-3/h4-7H,1-3H3,(H2,14,15,16). The molecule has 0 unspecified atom stereocenters. The van der Waals surface area contributed by atoms with E-state index in [1.165, 1.54) is 0 Å². The summed E-state index contributed by atoms with van der Waals surface area (Å²) < 4.78 is 11.0. The first-order chi connectivity index (χ1) is 8.61. The zero-order valence-corrected chi connectivity index (χ0v) is 10.6. The topological polar surface area (TPSA) is 70.3 Å². The third-order valence-electron chi connectivity index (χ3n) is 2.53. The molecule has 0 aliphatic heterocycles. The van der Waals surface area contributed by atoms with Gasteiger partial charge in [0.05, 0.1) is 12.7 Å². The van der Waals surface area contributed by atoms with Crippen LogP contribution in [0.1, 0.15) is 11.4 Å². The van der Waals surface area contributed by atoms with Crippen molar-refractivity contribution in [3.05, 3.63) is 35.7 Å². The molecule has 1 aromatic heterocycles. The summed E-state index contributed by atoms with van der Waals surface area (Å²) in [6.07, 6.45) is 0. The fourth-order valence-electron chi connectivity index (χ4n) is 1.53. The van der Waals surface area contributed by atoms with Crippen molar-refractivity contribution < 1.29 is 9.47 Å². The molecule has 1 heterocycles. The maximum absolute atomic E-state index is 5.78. The molecule has 2 aromatic rings. The number of hydrogen-bond donors (Lipinski definition) is 1. The van der Waals surface area contributed by atoms with E-state index in [2.05, 4.69) is 9.97 Å². The van der Waals surface area contributed by atoms with Gasteiger partial charge in [0.25, 0.3) is 0 Å². The van der Waals surface area contributed by atoms with Crippen LogP contribution in [0.25, 0.3) is 0 Å². The number of para-hydroxylation sites is 2. The van der Waals surface area contributed by atoms with Crippen LogP contribution in [0.4, 0.5) is 5.82 Å². The average Bonchev–Trinajstić information content (AvgIpc) is 2.36. The lowest BCUT2D eigenvalue weighted by Gasteiger charge is -2.12. The minimum Gasteiger partial charge on any atom is -0.493 e. The monoisotopic (exact) mass is 245 g/mol. The zero-order valence-electron chi connectivity index (χ0n) is 10.6. The molecule has 1 aromatic carbocycles. The molecule has 0 fully saturated rings. The molecule has 0 spiro atoms. The van der Waals surface area contributed by atoms with Crippen LogP contribution in [0.5, 0.6) is 17.4 Å². The van der Waals surface area contributed by atoms with E-state index in [0.717, 1.165) is 0 Å². The van der Waals surface area contributed by atoms with Crippen LogP contribution in [0, 0.1) is 13.8 Å². The third kappa shape index (κ3) is 2.34. The third-order valence-corrected chi connectivity index (χ3v) is 2.53. The highest BCUT2D eigenvalue weighted by Crippen LogP contribution is 2.32. The molecular weight excluding hydrogens is 230 g/mol. The first-order valence-corrected chi connectivity index (χ1v) is 5.53. The molecule has 94 valence electrons. The van der Waals surface area contributed by atoms with Gasteiger partial charge in [0.1, 0.15) is 11.6 Å². The summed E-state index contributed by atoms with van der Waals surface area (Å²) in [6, 6.07) is 7.37. The average molecular weight is 245 g/mol. The Morgan fingerprint density at radius 1 is 1.06 bits per heavy atom. The van der Waals surface area contributed by atoms with Crippen LogP contribution in [0.15, 0.2) is 24.3 Å². The second-order valence-corrected chi connectivity index (χ2v) is 3.84. The summed E-state index contributed by atoms with van der Waals surface area (Å²) in [5.74, 6) is 2.69. The first-order valence-electron chi connectivity index (χ1n) is 5.53. The van der Waals surface area contributed by atoms with Crippen LogP contribution in [0.3, 0.4) is 0 Å². The number of nitrogens with zero attached hydrogens (tertiary/aromatic N) is 2. The molecule has 2 rings (SSSR count). The highest BCUT2D eigenvalue weighted by Gasteiger charge is 2.11. The molecule has 0 bridgehead atoms. The Morgan fingerprint density at radius 2 is 1.72 bits per heavy atom. The van der Waals surface area contributed by atoms with Crippen molar-refractivity contribution in [3.63, 3.8) is 0 Å². The lowest BCUT2D eigenvalue weighted by molar-refractivity contribution is 0.372. The molecule has 5 heteroatoms. The lowest BCUT2D eigenvalue weighted by atomic mass is 10.3. The number of ether oxygens (including phenoxy) is 2. The SMILES string of the molecule is COc1ccccc1Oc1nc(C)nc(N)c1C. The molecule has 0 saturated carbocycles. The summed E-state index contributed by atoms with van der Waals surface area (Å²) in [7, 11) is 1.59. The molecule has 0 radical (unpaired) electrons. The fourth-order valence-corrected chi connectivity index (χ4v) is 1.53. The normalized spacial score (nSPS) is 10.2. The van der Waals surface area contributed by atoms with Crippen molar-refractivity contribution in [2.75, 3.05) is 12.8 Å². The second-order valence-electron chi connectivity index (χ2n) is 3.84. The van der Waals surface area contributed by atoms with Crippen LogP contribution in [-0.4, -0.2) is 17.1 Å². The number of nitrogen functional groups attached to an aromatic ring is 1. The largest absolute Gasteiger partial charge is 0.493 e. The van der Waals surface area contributed by atoms with E-state index in [9.17, 15) is 0 Å². The van der Waals surface area contributed by atoms with E-state index < -0.39 is 0 Å². The molecule has 0 aliphatic rings. The molecule has 0 amide bonds. The minimum absolute atomic E-state index is 0.424. The summed E-state index contributed by atoms with van der Waals surface area (Å²) in [5.41, 5.74) is 6.50. The smallest absolute Gasteiger partial charge is 0.227 e. The number of methoxy groups -OCH3 is 1. The number of benzene rings is 1. The summed E-state index contributed by atoms with van der Waals surface area (Å²) in [4.78, 5) is 8.31. The van der Waals surface area contributed by atoms with E-state index in [0.29, 0.717) is 34.6 Å². The number of nitrogens with two attached hydrogens (primary N) is 1. The minimum atomic E-state index is 0.424. The van der Waals surface area contributed by atoms with Gasteiger partial charge in [0.15, 0.2) is 11.5 Å². The van der Waals surface area contributed by atoms with E-state index in [4.69, 9.17) is 15.2 Å². The second kappa shape index (κ2) is 4.91. The summed E-state index contributed by atoms with van der Waals surface area (Å²) >= 11 is 0. The van der Waals surface area contributed by atoms with Crippen molar-refractivity contribution in [1.82, 2.24) is 9.97 Å². The highest BCUT2D eigenvalue weighted by molar-refractivity contribution is 5.48. The Bertz CT molecular complexity index is 570. The van der Waals surface area contributed by atoms with Crippen LogP contribution in [-0.2, 0) is 0 Å². The number of aromatic nitrogens is 2. The molecule has 2 N–H and O–H groups in total. The number of hydrogen-bond acceptors (Lipinski definition) is 5. The van der Waals surface area contributed by atoms with Crippen molar-refractivity contribution in [2.45, 2.75) is 13.8 Å². The Morgan fingerprint density at radius 3 is 2.39 bits per heavy atom. The first kappa shape index (κ1) is 12.2. The Hall–Kier alpha value is -2.30. The molecule has 18 heavy (non-hydrogen) atoms. The Kier molecular flexibility index (Phi) is 3.32. The quantitative estimate of drug-likeness (QED) is 0.899. The van der Waals surface area contributed by atoms with Gasteiger partial charge >= 0.3 is 0 Å². The Labute approximate surface area is 106 Å². The number of aryl methyl sites for hydroxylation is 1. The summed E-state index contributed by atoms with van der Waals surface area (Å²) in [6.45, 7) is 3.59. The maximum Gasteiger partial charge on any atom is 0.227 e. The van der Waals surface area contributed by atoms with Gasteiger partial charge < -0.3 is 15.2 Å². The van der Waals surface area contributed by atoms with Gasteiger partial charge in [-0.05, 0) is 26.0 Å². The van der Waals surface area contributed by atoms with E-state index in [1.54, 1.807) is 14.0 Å². The van der Waals surface area contributed by atoms with Gasteiger partial charge in [0, 0.05) is 0 Å². The van der Waals surface area contributed by atoms with Crippen LogP contribution < -0.4 is 15.2 Å². The lowest BCUT2D eigenvalue weighted by Crippen LogP contribution is -2.02. The van der Waals surface area contributed by atoms with E-state index in [-0.39, 0.29) is 0 Å². The molecular formula is C13H15N3O2. The fraction of sp³-hybridized carbons (Fsp3) is 0.231. The molecule has 0 aliphatic carbocycles. The van der Waals surface area contributed by atoms with E-state index >= 15 is 0 Å². The van der Waals surface area contributed by atoms with Crippen molar-refractivity contribution in [2.24, 2.45) is 0 Å². The van der Waals surface area contributed by atoms with Crippen molar-refractivity contribution in [3.8, 4) is 17.4 Å². The number of anilines is 1. The van der Waals surface area contributed by atoms with Crippen LogP contribution >= 0.6 is 0 Å². The molecule has 0 atom stereocenters. The van der Waals surface area contributed by atoms with E-state index in [1.807, 2.05) is 31.2 Å². The van der Waals surface area contributed by atoms with Crippen molar-refractivity contribution in [1.29, 1.82) is 0 Å². The predicted octanol–water partition coefficient (Wildman–Crippen LogP) is 2.48. The molecule has 5 nitrogen and oxygen atoms in total. The van der Waals surface area contributed by atoms with Crippen molar-refractivity contribution >= 4 is 5.82 Å². The van der Waals surface area contributed by atoms with Gasteiger partial charge in [-0.1, -0.05) is 12.1 Å². The van der Waals surface area contributed by atoms with Gasteiger partial charge in [-0.15, -0.1) is 0 Å². The summed E-state index contributed by atoms with van der Waals surface area (Å²) in [5, 5.41) is 0. The van der Waals surface area contributed by atoms with Gasteiger partial charge in [0.2, 0.25) is 5.88 Å². The predicted molar refractivity (Wildman–Crippen MR) is 69.0 cm³/mol. The van der Waals surface area contributed by atoms with Crippen LogP contribution in [0.2, 0.25) is 0 Å². The zero-order chi connectivity index (χ0) is 13.1. The maximum atomic E-state index is 5.78. The van der Waals surface area contributed by atoms with Gasteiger partial charge in [-0.2, -0.15) is 4.98 Å². The van der Waals surface area contributed by atoms with Gasteiger partial charge in [-0.25, -0.2) is 4.98 Å². The Balaban J connectivity index is 2.40.